The van der Waals surface area contributed by atoms with Crippen molar-refractivity contribution in [3.8, 4) is 0 Å². The number of amidine groups is 1. The second kappa shape index (κ2) is 8.32. The van der Waals surface area contributed by atoms with Crippen LogP contribution in [-0.2, 0) is 11.2 Å². The van der Waals surface area contributed by atoms with E-state index in [1.54, 1.807) is 0 Å². The Labute approximate surface area is 174 Å². The van der Waals surface area contributed by atoms with E-state index in [4.69, 9.17) is 0 Å². The molecular weight excluding hydrogens is 384 g/mol. The summed E-state index contributed by atoms with van der Waals surface area (Å²) < 4.78 is 0. The number of aliphatic imine (C=N–C) groups is 1. The summed E-state index contributed by atoms with van der Waals surface area (Å²) in [5.74, 6) is 2.47. The van der Waals surface area contributed by atoms with Gasteiger partial charge in [0.05, 0.1) is 6.54 Å². The molecule has 1 fully saturated rings. The zero-order valence-corrected chi connectivity index (χ0v) is 17.7. The van der Waals surface area contributed by atoms with E-state index < -0.39 is 0 Å². The maximum atomic E-state index is 12.0. The van der Waals surface area contributed by atoms with Crippen molar-refractivity contribution in [1.29, 1.82) is 0 Å². The second-order valence-electron chi connectivity index (χ2n) is 7.62. The van der Waals surface area contributed by atoms with Crippen LogP contribution < -0.4 is 10.2 Å². The number of hydrogen-bond acceptors (Lipinski definition) is 8. The fraction of sp³-hybridized carbons (Fsp3) is 0.381. The molecule has 150 valence electrons. The first-order valence-electron chi connectivity index (χ1n) is 9.68. The molecule has 1 aromatic heterocycles. The first kappa shape index (κ1) is 19.6. The van der Waals surface area contributed by atoms with Gasteiger partial charge in [0.2, 0.25) is 11.9 Å². The molecule has 1 aliphatic heterocycles. The number of anilines is 2. The molecule has 2 heterocycles. The van der Waals surface area contributed by atoms with E-state index in [0.29, 0.717) is 41.7 Å². The van der Waals surface area contributed by atoms with Crippen molar-refractivity contribution in [3.63, 3.8) is 0 Å². The molecule has 8 heteroatoms. The molecule has 2 aliphatic rings. The van der Waals surface area contributed by atoms with Gasteiger partial charge in [-0.3, -0.25) is 9.79 Å². The summed E-state index contributed by atoms with van der Waals surface area (Å²) in [5.41, 5.74) is 2.25. The Morgan fingerprint density at radius 3 is 2.55 bits per heavy atom. The maximum absolute atomic E-state index is 12.0. The van der Waals surface area contributed by atoms with Crippen molar-refractivity contribution in [1.82, 2.24) is 15.0 Å². The van der Waals surface area contributed by atoms with Gasteiger partial charge in [-0.25, -0.2) is 0 Å². The van der Waals surface area contributed by atoms with Crippen LogP contribution >= 0.6 is 11.8 Å². The van der Waals surface area contributed by atoms with Gasteiger partial charge in [-0.15, -0.1) is 0 Å². The van der Waals surface area contributed by atoms with E-state index in [2.05, 4.69) is 25.3 Å². The highest BCUT2D eigenvalue weighted by atomic mass is 32.2. The lowest BCUT2D eigenvalue weighted by molar-refractivity contribution is -0.119. The zero-order valence-electron chi connectivity index (χ0n) is 16.8. The minimum absolute atomic E-state index is 0.299. The van der Waals surface area contributed by atoms with Crippen molar-refractivity contribution >= 4 is 35.3 Å². The van der Waals surface area contributed by atoms with E-state index >= 15 is 0 Å². The smallest absolute Gasteiger partial charge is 0.234 e. The number of nitrogens with zero attached hydrogens (tertiary/aromatic N) is 5. The molecule has 0 bridgehead atoms. The van der Waals surface area contributed by atoms with Crippen LogP contribution in [0.25, 0.3) is 0 Å². The van der Waals surface area contributed by atoms with E-state index in [-0.39, 0.29) is 0 Å². The van der Waals surface area contributed by atoms with E-state index in [1.807, 2.05) is 56.3 Å². The summed E-state index contributed by atoms with van der Waals surface area (Å²) in [7, 11) is 3.80. The minimum atomic E-state index is 0.299. The van der Waals surface area contributed by atoms with E-state index in [1.165, 1.54) is 17.3 Å². The van der Waals surface area contributed by atoms with Crippen LogP contribution in [0.3, 0.4) is 0 Å². The molecule has 0 unspecified atom stereocenters. The van der Waals surface area contributed by atoms with Crippen molar-refractivity contribution in [2.45, 2.75) is 36.2 Å². The Morgan fingerprint density at radius 2 is 1.93 bits per heavy atom. The standard InChI is InChI=1S/C21H24N6OS/c1-13-10-18(22-12-13)23-19-24-20(27(2)3)26-21(25-19)29-16-8-4-14(5-9-16)11-17(28)15-6-7-15/h4-5,8-10,15H,6-7,11-12H2,1-3H3,(H,22,23,24,25,26). The average molecular weight is 409 g/mol. The fourth-order valence-electron chi connectivity index (χ4n) is 2.90. The molecule has 1 aromatic carbocycles. The van der Waals surface area contributed by atoms with Gasteiger partial charge in [0.15, 0.2) is 5.16 Å². The quantitative estimate of drug-likeness (QED) is 0.752. The number of ketones is 1. The Morgan fingerprint density at radius 1 is 1.17 bits per heavy atom. The molecule has 0 amide bonds. The lowest BCUT2D eigenvalue weighted by atomic mass is 10.1. The molecule has 1 aliphatic carbocycles. The van der Waals surface area contributed by atoms with Crippen molar-refractivity contribution < 1.29 is 4.79 Å². The molecule has 7 nitrogen and oxygen atoms in total. The van der Waals surface area contributed by atoms with Crippen LogP contribution in [0, 0.1) is 5.92 Å². The fourth-order valence-corrected chi connectivity index (χ4v) is 3.65. The van der Waals surface area contributed by atoms with Gasteiger partial charge in [0.25, 0.3) is 0 Å². The summed E-state index contributed by atoms with van der Waals surface area (Å²) in [6.45, 7) is 2.74. The Hall–Kier alpha value is -2.74. The van der Waals surface area contributed by atoms with E-state index in [9.17, 15) is 4.79 Å². The first-order chi connectivity index (χ1) is 14.0. The average Bonchev–Trinajstić information content (AvgIpc) is 3.46. The molecule has 1 saturated carbocycles. The Bertz CT molecular complexity index is 979. The van der Waals surface area contributed by atoms with Gasteiger partial charge in [-0.1, -0.05) is 12.1 Å². The highest BCUT2D eigenvalue weighted by Crippen LogP contribution is 2.31. The molecule has 1 N–H and O–H groups in total. The third-order valence-electron chi connectivity index (χ3n) is 4.67. The topological polar surface area (TPSA) is 83.4 Å². The van der Waals surface area contributed by atoms with E-state index in [0.717, 1.165) is 29.1 Å². The van der Waals surface area contributed by atoms with Crippen LogP contribution in [0.15, 0.2) is 51.0 Å². The number of Topliss-reactive ketones (excluding diaryl/α,β-unsaturated/α-hetero) is 1. The number of carbonyl (C=O) groups is 1. The number of benzene rings is 1. The first-order valence-corrected chi connectivity index (χ1v) is 10.5. The highest BCUT2D eigenvalue weighted by molar-refractivity contribution is 7.99. The predicted octanol–water partition coefficient (Wildman–Crippen LogP) is 3.38. The van der Waals surface area contributed by atoms with Gasteiger partial charge < -0.3 is 10.2 Å². The number of rotatable bonds is 7. The van der Waals surface area contributed by atoms with Crippen LogP contribution in [0.2, 0.25) is 0 Å². The van der Waals surface area contributed by atoms with Gasteiger partial charge in [0, 0.05) is 31.3 Å². The third-order valence-corrected chi connectivity index (χ3v) is 5.54. The summed E-state index contributed by atoms with van der Waals surface area (Å²) in [5, 5.41) is 3.78. The number of carbonyl (C=O) groups excluding carboxylic acids is 1. The molecule has 29 heavy (non-hydrogen) atoms. The normalized spacial score (nSPS) is 15.7. The summed E-state index contributed by atoms with van der Waals surface area (Å²) in [6.07, 6.45) is 4.62. The van der Waals surface area contributed by atoms with Gasteiger partial charge in [-0.05, 0) is 60.9 Å². The molecule has 0 saturated heterocycles. The lowest BCUT2D eigenvalue weighted by Gasteiger charge is -2.13. The van der Waals surface area contributed by atoms with Crippen molar-refractivity contribution in [2.24, 2.45) is 10.9 Å². The second-order valence-corrected chi connectivity index (χ2v) is 8.66. The van der Waals surface area contributed by atoms with Crippen molar-refractivity contribution in [2.75, 3.05) is 30.9 Å². The molecular formula is C21H24N6OS. The van der Waals surface area contributed by atoms with Crippen LogP contribution in [-0.4, -0.2) is 47.2 Å². The number of aromatic nitrogens is 3. The van der Waals surface area contributed by atoms with Gasteiger partial charge in [0.1, 0.15) is 11.6 Å². The lowest BCUT2D eigenvalue weighted by Crippen LogP contribution is -2.17. The van der Waals surface area contributed by atoms with Crippen LogP contribution in [0.5, 0.6) is 0 Å². The molecule has 4 rings (SSSR count). The molecule has 2 aromatic rings. The number of nitrogens with one attached hydrogen (secondary N) is 1. The zero-order chi connectivity index (χ0) is 20.4. The minimum Gasteiger partial charge on any atom is -0.347 e. The van der Waals surface area contributed by atoms with Gasteiger partial charge in [-0.2, -0.15) is 15.0 Å². The third kappa shape index (κ3) is 5.20. The molecule has 0 spiro atoms. The summed E-state index contributed by atoms with van der Waals surface area (Å²) in [4.78, 5) is 32.8. The Kier molecular flexibility index (Phi) is 5.62. The Balaban J connectivity index is 1.48. The largest absolute Gasteiger partial charge is 0.347 e. The summed E-state index contributed by atoms with van der Waals surface area (Å²) >= 11 is 1.47. The SMILES string of the molecule is CC1=CC(Nc2nc(Sc3ccc(CC(=O)C4CC4)cc3)nc(N(C)C)n2)=NC1. The number of hydrogen-bond donors (Lipinski definition) is 1. The van der Waals surface area contributed by atoms with Crippen LogP contribution in [0.1, 0.15) is 25.3 Å². The molecule has 0 atom stereocenters. The van der Waals surface area contributed by atoms with Crippen molar-refractivity contribution in [3.05, 3.63) is 41.5 Å². The highest BCUT2D eigenvalue weighted by Gasteiger charge is 2.29. The van der Waals surface area contributed by atoms with Crippen LogP contribution in [0.4, 0.5) is 11.9 Å². The van der Waals surface area contributed by atoms with Gasteiger partial charge >= 0.3 is 0 Å². The maximum Gasteiger partial charge on any atom is 0.234 e. The summed E-state index contributed by atoms with van der Waals surface area (Å²) in [6, 6.07) is 8.05. The predicted molar refractivity (Wildman–Crippen MR) is 116 cm³/mol. The molecule has 0 radical (unpaired) electrons. The monoisotopic (exact) mass is 408 g/mol.